The molecule has 0 unspecified atom stereocenters. The van der Waals surface area contributed by atoms with Crippen LogP contribution in [0.25, 0.3) is 0 Å². The Morgan fingerprint density at radius 2 is 1.61 bits per heavy atom. The molecule has 1 amide bonds. The number of aliphatic carboxylic acids is 1. The molecule has 2 aromatic rings. The van der Waals surface area contributed by atoms with Crippen LogP contribution in [-0.2, 0) is 17.6 Å². The number of aryl methyl sites for hydroxylation is 1. The molecule has 0 spiro atoms. The van der Waals surface area contributed by atoms with Gasteiger partial charge in [-0.25, -0.2) is 4.79 Å². The topological polar surface area (TPSA) is 66.4 Å². The van der Waals surface area contributed by atoms with Gasteiger partial charge in [0.15, 0.2) is 0 Å². The second kappa shape index (κ2) is 5.54. The molecule has 0 radical (unpaired) electrons. The van der Waals surface area contributed by atoms with E-state index in [0.717, 1.165) is 22.3 Å². The molecule has 0 aromatic heterocycles. The molecule has 0 saturated carbocycles. The van der Waals surface area contributed by atoms with Crippen LogP contribution in [0.15, 0.2) is 42.5 Å². The third kappa shape index (κ3) is 2.61. The van der Waals surface area contributed by atoms with Gasteiger partial charge >= 0.3 is 5.97 Å². The highest BCUT2D eigenvalue weighted by Crippen LogP contribution is 2.31. The van der Waals surface area contributed by atoms with Crippen LogP contribution < -0.4 is 5.32 Å². The van der Waals surface area contributed by atoms with Gasteiger partial charge in [-0.1, -0.05) is 36.4 Å². The number of carboxylic acid groups (broad SMARTS) is 1. The monoisotopic (exact) mass is 309 g/mol. The number of amides is 1. The van der Waals surface area contributed by atoms with Crippen molar-refractivity contribution in [3.8, 4) is 0 Å². The first-order valence-corrected chi connectivity index (χ1v) is 7.62. The van der Waals surface area contributed by atoms with Gasteiger partial charge < -0.3 is 10.4 Å². The van der Waals surface area contributed by atoms with Crippen molar-refractivity contribution in [2.45, 2.75) is 32.2 Å². The van der Waals surface area contributed by atoms with Gasteiger partial charge in [-0.2, -0.15) is 0 Å². The Kier molecular flexibility index (Phi) is 3.68. The summed E-state index contributed by atoms with van der Waals surface area (Å²) in [5.41, 5.74) is 3.11. The summed E-state index contributed by atoms with van der Waals surface area (Å²) < 4.78 is 0. The molecule has 0 aliphatic heterocycles. The fourth-order valence-electron chi connectivity index (χ4n) is 3.19. The summed E-state index contributed by atoms with van der Waals surface area (Å²) >= 11 is 0. The van der Waals surface area contributed by atoms with E-state index in [2.05, 4.69) is 5.32 Å². The van der Waals surface area contributed by atoms with Crippen molar-refractivity contribution in [1.29, 1.82) is 0 Å². The molecule has 4 nitrogen and oxygen atoms in total. The van der Waals surface area contributed by atoms with E-state index in [4.69, 9.17) is 0 Å². The Bertz CT molecular complexity index is 770. The lowest BCUT2D eigenvalue weighted by Gasteiger charge is -2.26. The molecule has 0 bridgehead atoms. The van der Waals surface area contributed by atoms with Gasteiger partial charge in [0.2, 0.25) is 0 Å². The highest BCUT2D eigenvalue weighted by atomic mass is 16.4. The molecule has 23 heavy (non-hydrogen) atoms. The average Bonchev–Trinajstić information content (AvgIpc) is 2.89. The van der Waals surface area contributed by atoms with Gasteiger partial charge in [-0.15, -0.1) is 0 Å². The summed E-state index contributed by atoms with van der Waals surface area (Å²) in [6, 6.07) is 13.1. The maximum absolute atomic E-state index is 12.7. The molecule has 2 N–H and O–H groups in total. The van der Waals surface area contributed by atoms with E-state index in [1.54, 1.807) is 6.07 Å². The normalized spacial score (nSPS) is 15.0. The van der Waals surface area contributed by atoms with Crippen LogP contribution in [0, 0.1) is 13.8 Å². The zero-order chi connectivity index (χ0) is 16.6. The number of hydrogen-bond acceptors (Lipinski definition) is 2. The predicted molar refractivity (Wildman–Crippen MR) is 87.6 cm³/mol. The van der Waals surface area contributed by atoms with Crippen LogP contribution in [0.1, 0.15) is 32.6 Å². The van der Waals surface area contributed by atoms with Crippen molar-refractivity contribution in [3.05, 3.63) is 70.3 Å². The van der Waals surface area contributed by atoms with Crippen LogP contribution in [0.5, 0.6) is 0 Å². The summed E-state index contributed by atoms with van der Waals surface area (Å²) in [6.45, 7) is 3.81. The highest BCUT2D eigenvalue weighted by molar-refractivity contribution is 5.99. The molecule has 0 fully saturated rings. The molecule has 3 rings (SSSR count). The Morgan fingerprint density at radius 3 is 2.17 bits per heavy atom. The van der Waals surface area contributed by atoms with E-state index in [1.165, 1.54) is 0 Å². The zero-order valence-electron chi connectivity index (χ0n) is 13.2. The first-order valence-electron chi connectivity index (χ1n) is 7.62. The van der Waals surface area contributed by atoms with Gasteiger partial charge in [0.05, 0.1) is 0 Å². The number of fused-ring (bicyclic) bond motifs is 1. The minimum atomic E-state index is -1.27. The second-order valence-electron chi connectivity index (χ2n) is 6.21. The van der Waals surface area contributed by atoms with E-state index >= 15 is 0 Å². The third-order valence-electron chi connectivity index (χ3n) is 4.71. The van der Waals surface area contributed by atoms with Crippen LogP contribution in [-0.4, -0.2) is 22.5 Å². The average molecular weight is 309 g/mol. The highest BCUT2D eigenvalue weighted by Gasteiger charge is 2.45. The quantitative estimate of drug-likeness (QED) is 0.916. The number of rotatable bonds is 3. The van der Waals surface area contributed by atoms with Gasteiger partial charge in [-0.05, 0) is 42.2 Å². The molecule has 4 heteroatoms. The summed E-state index contributed by atoms with van der Waals surface area (Å²) in [7, 11) is 0. The standard InChI is InChI=1S/C19H19NO3/c1-12-6-5-9-16(13(12)2)17(21)20-19(18(22)23)10-14-7-3-4-8-15(14)11-19/h3-9H,10-11H2,1-2H3,(H,20,21)(H,22,23). The maximum atomic E-state index is 12.7. The number of hydrogen-bond donors (Lipinski definition) is 2. The minimum absolute atomic E-state index is 0.315. The van der Waals surface area contributed by atoms with E-state index in [1.807, 2.05) is 50.2 Å². The van der Waals surface area contributed by atoms with Crippen LogP contribution in [0.3, 0.4) is 0 Å². The van der Waals surface area contributed by atoms with E-state index in [0.29, 0.717) is 18.4 Å². The SMILES string of the molecule is Cc1cccc(C(=O)NC2(C(=O)O)Cc3ccccc3C2)c1C. The van der Waals surface area contributed by atoms with Crippen LogP contribution in [0.2, 0.25) is 0 Å². The summed E-state index contributed by atoms with van der Waals surface area (Å²) in [5.74, 6) is -1.33. The van der Waals surface area contributed by atoms with Crippen molar-refractivity contribution in [2.24, 2.45) is 0 Å². The molecule has 0 heterocycles. The predicted octanol–water partition coefficient (Wildman–Crippen LogP) is 2.66. The second-order valence-corrected chi connectivity index (χ2v) is 6.21. The molecule has 1 aliphatic rings. The van der Waals surface area contributed by atoms with Crippen molar-refractivity contribution in [3.63, 3.8) is 0 Å². The minimum Gasteiger partial charge on any atom is -0.479 e. The van der Waals surface area contributed by atoms with Gasteiger partial charge in [0, 0.05) is 18.4 Å². The number of benzene rings is 2. The Hall–Kier alpha value is -2.62. The molecule has 2 aromatic carbocycles. The smallest absolute Gasteiger partial charge is 0.330 e. The molecular formula is C19H19NO3. The number of carboxylic acids is 1. The molecule has 1 aliphatic carbocycles. The largest absolute Gasteiger partial charge is 0.479 e. The molecular weight excluding hydrogens is 290 g/mol. The lowest BCUT2D eigenvalue weighted by atomic mass is 9.94. The van der Waals surface area contributed by atoms with Crippen LogP contribution >= 0.6 is 0 Å². The molecule has 0 atom stereocenters. The fraction of sp³-hybridized carbons (Fsp3) is 0.263. The number of nitrogens with one attached hydrogen (secondary N) is 1. The first-order chi connectivity index (χ1) is 10.9. The Balaban J connectivity index is 1.92. The summed E-state index contributed by atoms with van der Waals surface area (Å²) in [6.07, 6.45) is 0.629. The summed E-state index contributed by atoms with van der Waals surface area (Å²) in [5, 5.41) is 12.5. The molecule has 118 valence electrons. The zero-order valence-corrected chi connectivity index (χ0v) is 13.2. The van der Waals surface area contributed by atoms with Crippen LogP contribution in [0.4, 0.5) is 0 Å². The fourth-order valence-corrected chi connectivity index (χ4v) is 3.19. The van der Waals surface area contributed by atoms with Gasteiger partial charge in [0.25, 0.3) is 5.91 Å². The maximum Gasteiger partial charge on any atom is 0.330 e. The lowest BCUT2D eigenvalue weighted by molar-refractivity contribution is -0.144. The van der Waals surface area contributed by atoms with Crippen molar-refractivity contribution in [1.82, 2.24) is 5.32 Å². The van der Waals surface area contributed by atoms with E-state index in [-0.39, 0.29) is 5.91 Å². The van der Waals surface area contributed by atoms with Gasteiger partial charge in [-0.3, -0.25) is 4.79 Å². The number of carbonyl (C=O) groups excluding carboxylic acids is 1. The Morgan fingerprint density at radius 1 is 1.00 bits per heavy atom. The van der Waals surface area contributed by atoms with Crippen molar-refractivity contribution < 1.29 is 14.7 Å². The third-order valence-corrected chi connectivity index (χ3v) is 4.71. The molecule has 0 saturated heterocycles. The first kappa shape index (κ1) is 15.3. The lowest BCUT2D eigenvalue weighted by Crippen LogP contribution is -2.55. The summed E-state index contributed by atoms with van der Waals surface area (Å²) in [4.78, 5) is 24.6. The van der Waals surface area contributed by atoms with E-state index < -0.39 is 11.5 Å². The van der Waals surface area contributed by atoms with Gasteiger partial charge in [0.1, 0.15) is 5.54 Å². The number of carbonyl (C=O) groups is 2. The Labute approximate surface area is 135 Å². The van der Waals surface area contributed by atoms with Crippen molar-refractivity contribution in [2.75, 3.05) is 0 Å². The van der Waals surface area contributed by atoms with Crippen molar-refractivity contribution >= 4 is 11.9 Å². The van der Waals surface area contributed by atoms with E-state index in [9.17, 15) is 14.7 Å².